The number of oxazole rings is 1. The highest BCUT2D eigenvalue weighted by atomic mass is 32.2. The van der Waals surface area contributed by atoms with E-state index in [0.717, 1.165) is 37.8 Å². The number of rotatable bonds is 8. The molecule has 3 amide bonds. The molecule has 0 spiro atoms. The van der Waals surface area contributed by atoms with Crippen molar-refractivity contribution < 1.29 is 45.1 Å². The Hall–Kier alpha value is -4.08. The predicted octanol–water partition coefficient (Wildman–Crippen LogP) is 5.17. The fourth-order valence-corrected chi connectivity index (χ4v) is 8.72. The van der Waals surface area contributed by atoms with Crippen LogP contribution in [0, 0.1) is 5.92 Å². The molecule has 278 valence electrons. The SMILES string of the molecule is C=Cc1coc(O[C@@H]2C[C@H]3C(=O)N[C@]4(C(=O)NS(=O)(=O)C5(C)CC5)CCC(CCCCCC[C@H](Nc5cccc(C(F)(F)F)c5)C(=O)N3C2)C4)n1. The third-order valence-corrected chi connectivity index (χ3v) is 12.9. The summed E-state index contributed by atoms with van der Waals surface area (Å²) in [5.74, 6) is -1.91. The molecule has 0 radical (unpaired) electrons. The number of carbonyl (C=O) groups excluding carboxylic acids is 3. The summed E-state index contributed by atoms with van der Waals surface area (Å²) in [6.07, 6.45) is 3.31. The van der Waals surface area contributed by atoms with E-state index in [1.165, 1.54) is 29.4 Å². The number of fused-ring (bicyclic) bond motifs is 3. The van der Waals surface area contributed by atoms with Crippen LogP contribution in [0.25, 0.3) is 6.08 Å². The van der Waals surface area contributed by atoms with Gasteiger partial charge in [-0.3, -0.25) is 19.1 Å². The Morgan fingerprint density at radius 3 is 2.57 bits per heavy atom. The van der Waals surface area contributed by atoms with Crippen molar-refractivity contribution in [2.45, 2.75) is 119 Å². The molecular formula is C35H44F3N5O7S. The highest BCUT2D eigenvalue weighted by Crippen LogP contribution is 2.44. The van der Waals surface area contributed by atoms with E-state index in [1.54, 1.807) is 6.92 Å². The number of sulfonamides is 1. The maximum absolute atomic E-state index is 14.4. The molecular weight excluding hydrogens is 691 g/mol. The third-order valence-electron chi connectivity index (χ3n) is 10.8. The molecule has 4 aliphatic rings. The van der Waals surface area contributed by atoms with Gasteiger partial charge >= 0.3 is 12.3 Å². The number of aromatic nitrogens is 1. The highest BCUT2D eigenvalue weighted by Gasteiger charge is 2.55. The molecule has 12 nitrogen and oxygen atoms in total. The van der Waals surface area contributed by atoms with E-state index in [0.29, 0.717) is 37.8 Å². The Balaban J connectivity index is 1.31. The number of nitrogens with zero attached hydrogens (tertiary/aromatic N) is 2. The van der Waals surface area contributed by atoms with Gasteiger partial charge in [0.2, 0.25) is 21.8 Å². The molecule has 1 unspecified atom stereocenters. The van der Waals surface area contributed by atoms with Crippen molar-refractivity contribution in [1.29, 1.82) is 0 Å². The Morgan fingerprint density at radius 2 is 1.88 bits per heavy atom. The lowest BCUT2D eigenvalue weighted by Gasteiger charge is -2.34. The van der Waals surface area contributed by atoms with Gasteiger partial charge in [0.25, 0.3) is 5.91 Å². The summed E-state index contributed by atoms with van der Waals surface area (Å²) in [7, 11) is -4.01. The van der Waals surface area contributed by atoms with E-state index in [1.807, 2.05) is 0 Å². The van der Waals surface area contributed by atoms with Gasteiger partial charge in [-0.2, -0.15) is 18.2 Å². The zero-order valence-electron chi connectivity index (χ0n) is 28.5. The Kier molecular flexibility index (Phi) is 10.2. The summed E-state index contributed by atoms with van der Waals surface area (Å²) in [6.45, 7) is 5.13. The minimum Gasteiger partial charge on any atom is -0.445 e. The van der Waals surface area contributed by atoms with Gasteiger partial charge in [-0.15, -0.1) is 0 Å². The monoisotopic (exact) mass is 735 g/mol. The van der Waals surface area contributed by atoms with Gasteiger partial charge in [-0.25, -0.2) is 8.42 Å². The van der Waals surface area contributed by atoms with Crippen LogP contribution in [0.1, 0.15) is 95.2 Å². The summed E-state index contributed by atoms with van der Waals surface area (Å²) >= 11 is 0. The van der Waals surface area contributed by atoms with Crippen LogP contribution in [-0.4, -0.2) is 71.0 Å². The maximum Gasteiger partial charge on any atom is 0.416 e. The first-order valence-electron chi connectivity index (χ1n) is 17.5. The van der Waals surface area contributed by atoms with Crippen molar-refractivity contribution in [2.75, 3.05) is 11.9 Å². The van der Waals surface area contributed by atoms with Gasteiger partial charge < -0.3 is 24.7 Å². The van der Waals surface area contributed by atoms with E-state index in [4.69, 9.17) is 9.15 Å². The van der Waals surface area contributed by atoms with Gasteiger partial charge in [0, 0.05) is 12.1 Å². The van der Waals surface area contributed by atoms with Gasteiger partial charge in [0.05, 0.1) is 16.9 Å². The molecule has 2 aromatic rings. The lowest BCUT2D eigenvalue weighted by molar-refractivity contribution is -0.141. The first-order chi connectivity index (χ1) is 24.1. The molecule has 2 bridgehead atoms. The molecule has 6 rings (SSSR count). The molecule has 3 N–H and O–H groups in total. The standard InChI is InChI=1S/C35H44F3N5O7S/c1-3-24-21-49-32(40-24)50-26-18-28-29(44)41-34(31(46)42-51(47,48)33(2)15-16-33)14-13-22(19-34)9-6-4-5-7-12-27(30(45)43(28)20-26)39-25-11-8-10-23(17-25)35(36,37)38/h3,8,10-11,17,21-22,26-28,39H,1,4-7,9,12-16,18-20H2,2H3,(H,41,44)(H,42,46)/t22?,26-,27+,28+,34-/m1/s1. The van der Waals surface area contributed by atoms with E-state index in [2.05, 4.69) is 26.9 Å². The van der Waals surface area contributed by atoms with Crippen molar-refractivity contribution in [3.8, 4) is 6.08 Å². The Bertz CT molecular complexity index is 1760. The largest absolute Gasteiger partial charge is 0.445 e. The van der Waals surface area contributed by atoms with Gasteiger partial charge in [-0.1, -0.05) is 44.7 Å². The molecule has 2 saturated carbocycles. The van der Waals surface area contributed by atoms with Crippen LogP contribution in [0.3, 0.4) is 0 Å². The molecule has 2 aliphatic carbocycles. The maximum atomic E-state index is 14.4. The summed E-state index contributed by atoms with van der Waals surface area (Å²) in [5.41, 5.74) is -1.88. The Morgan fingerprint density at radius 1 is 1.14 bits per heavy atom. The summed E-state index contributed by atoms with van der Waals surface area (Å²) in [5, 5.41) is 5.90. The number of benzene rings is 1. The van der Waals surface area contributed by atoms with Crippen LogP contribution >= 0.6 is 0 Å². The lowest BCUT2D eigenvalue weighted by Crippen LogP contribution is -2.62. The van der Waals surface area contributed by atoms with Crippen molar-refractivity contribution in [2.24, 2.45) is 5.92 Å². The fraction of sp³-hybridized carbons (Fsp3) is 0.600. The first-order valence-corrected chi connectivity index (χ1v) is 19.0. The molecule has 5 atom stereocenters. The number of hydrogen-bond donors (Lipinski definition) is 3. The van der Waals surface area contributed by atoms with Crippen molar-refractivity contribution in [3.63, 3.8) is 0 Å². The van der Waals surface area contributed by atoms with Gasteiger partial charge in [-0.05, 0) is 75.6 Å². The average molecular weight is 736 g/mol. The van der Waals surface area contributed by atoms with Crippen LogP contribution in [0.5, 0.6) is 6.08 Å². The molecule has 16 heteroatoms. The second-order valence-electron chi connectivity index (χ2n) is 14.6. The second-order valence-corrected chi connectivity index (χ2v) is 16.8. The number of alkyl halides is 3. The van der Waals surface area contributed by atoms with E-state index in [-0.39, 0.29) is 43.5 Å². The van der Waals surface area contributed by atoms with E-state index in [9.17, 15) is 36.0 Å². The molecule has 1 aromatic carbocycles. The van der Waals surface area contributed by atoms with Gasteiger partial charge in [0.1, 0.15) is 35.7 Å². The number of nitrogens with one attached hydrogen (secondary N) is 3. The highest BCUT2D eigenvalue weighted by molar-refractivity contribution is 7.91. The molecule has 2 saturated heterocycles. The molecule has 1 aromatic heterocycles. The third kappa shape index (κ3) is 8.05. The van der Waals surface area contributed by atoms with Crippen molar-refractivity contribution in [3.05, 3.63) is 48.4 Å². The minimum atomic E-state index is -4.59. The first kappa shape index (κ1) is 36.7. The van der Waals surface area contributed by atoms with Crippen molar-refractivity contribution in [1.82, 2.24) is 19.9 Å². The Labute approximate surface area is 295 Å². The lowest BCUT2D eigenvalue weighted by atomic mass is 9.92. The van der Waals surface area contributed by atoms with E-state index < -0.39 is 68.0 Å². The smallest absolute Gasteiger partial charge is 0.416 e. The quantitative estimate of drug-likeness (QED) is 0.332. The van der Waals surface area contributed by atoms with Crippen LogP contribution in [-0.2, 0) is 30.6 Å². The predicted molar refractivity (Wildman–Crippen MR) is 181 cm³/mol. The fourth-order valence-electron chi connectivity index (χ4n) is 7.39. The summed E-state index contributed by atoms with van der Waals surface area (Å²) in [4.78, 5) is 48.2. The summed E-state index contributed by atoms with van der Waals surface area (Å²) in [6, 6.07) is 2.46. The molecule has 3 heterocycles. The van der Waals surface area contributed by atoms with Crippen LogP contribution in [0.2, 0.25) is 0 Å². The number of ether oxygens (including phenoxy) is 1. The molecule has 51 heavy (non-hydrogen) atoms. The number of amides is 3. The zero-order chi connectivity index (χ0) is 36.6. The number of carbonyl (C=O) groups is 3. The molecule has 4 fully saturated rings. The van der Waals surface area contributed by atoms with Crippen molar-refractivity contribution >= 4 is 39.5 Å². The minimum absolute atomic E-state index is 0.0167. The van der Waals surface area contributed by atoms with Crippen LogP contribution < -0.4 is 20.1 Å². The van der Waals surface area contributed by atoms with Gasteiger partial charge in [0.15, 0.2) is 0 Å². The van der Waals surface area contributed by atoms with E-state index >= 15 is 0 Å². The topological polar surface area (TPSA) is 160 Å². The second kappa shape index (κ2) is 14.2. The normalized spacial score (nSPS) is 28.5. The van der Waals surface area contributed by atoms with Crippen LogP contribution in [0.15, 0.2) is 41.5 Å². The number of hydrogen-bond acceptors (Lipinski definition) is 9. The number of halogens is 3. The number of anilines is 1. The molecule has 2 aliphatic heterocycles. The summed E-state index contributed by atoms with van der Waals surface area (Å²) < 4.78 is 79.5. The average Bonchev–Trinajstić information content (AvgIpc) is 3.40. The van der Waals surface area contributed by atoms with Crippen LogP contribution in [0.4, 0.5) is 18.9 Å². The zero-order valence-corrected chi connectivity index (χ0v) is 29.3.